The molecule has 162 valence electrons. The van der Waals surface area contributed by atoms with Gasteiger partial charge in [-0.15, -0.1) is 0 Å². The molecule has 0 aromatic heterocycles. The summed E-state index contributed by atoms with van der Waals surface area (Å²) >= 11 is 0. The Morgan fingerprint density at radius 3 is 1.66 bits per heavy atom. The van der Waals surface area contributed by atoms with Gasteiger partial charge in [-0.1, -0.05) is 55.2 Å². The van der Waals surface area contributed by atoms with Gasteiger partial charge in [-0.2, -0.15) is 0 Å². The van der Waals surface area contributed by atoms with Gasteiger partial charge in [0.25, 0.3) is 0 Å². The Kier molecular flexibility index (Phi) is 17.7. The first-order chi connectivity index (χ1) is 13.6. The quantitative estimate of drug-likeness (QED) is 0.297. The van der Waals surface area contributed by atoms with Crippen LogP contribution in [-0.4, -0.2) is 17.3 Å². The van der Waals surface area contributed by atoms with Crippen molar-refractivity contribution in [3.63, 3.8) is 0 Å². The normalized spacial score (nSPS) is 19.6. The fraction of sp³-hybridized carbons (Fsp3) is 0.500. The van der Waals surface area contributed by atoms with Crippen LogP contribution in [0.15, 0.2) is 61.3 Å². The summed E-state index contributed by atoms with van der Waals surface area (Å²) in [5.74, 6) is 1.37. The summed E-state index contributed by atoms with van der Waals surface area (Å²) in [5.41, 5.74) is 2.82. The van der Waals surface area contributed by atoms with E-state index in [2.05, 4.69) is 45.7 Å². The number of carbonyl (C=O) groups is 3. The molecular formula is C26H40O3. The Morgan fingerprint density at radius 2 is 1.38 bits per heavy atom. The van der Waals surface area contributed by atoms with Crippen LogP contribution in [0.3, 0.4) is 0 Å². The maximum Gasteiger partial charge on any atom is 0.152 e. The lowest BCUT2D eigenvalue weighted by atomic mass is 9.87. The standard InChI is InChI=1S/2C9H14O.C4H6O.C4H6/c1-7-3-5-9(6-4-7)8(2)10;1-7-4-3-5-9(6-7)8(2)10;1-3-4(2)5;1-3-4-2/h3,9H,4-6H2,1-2H3;4,9H,3,5-6H2,1-2H3;3H,1H2,2H3;3-4H,1-2H2. The van der Waals surface area contributed by atoms with Crippen LogP contribution in [-0.2, 0) is 14.4 Å². The maximum absolute atomic E-state index is 10.9. The highest BCUT2D eigenvalue weighted by Gasteiger charge is 2.17. The molecule has 0 radical (unpaired) electrons. The van der Waals surface area contributed by atoms with Crippen molar-refractivity contribution in [3.05, 3.63) is 61.3 Å². The van der Waals surface area contributed by atoms with Crippen molar-refractivity contribution in [2.75, 3.05) is 0 Å². The SMILES string of the molecule is C=CC(C)=O.C=CC=C.CC(=O)C1CC=C(C)CC1.CC(=O)C1CCC=C(C)C1. The molecule has 2 aliphatic carbocycles. The van der Waals surface area contributed by atoms with Crippen LogP contribution in [0, 0.1) is 11.8 Å². The summed E-state index contributed by atoms with van der Waals surface area (Å²) in [6.07, 6.45) is 15.3. The Bertz CT molecular complexity index is 614. The number of Topliss-reactive ketones (excluding diaryl/α,β-unsaturated/α-hetero) is 2. The van der Waals surface area contributed by atoms with E-state index in [9.17, 15) is 14.4 Å². The van der Waals surface area contributed by atoms with Crippen molar-refractivity contribution in [3.8, 4) is 0 Å². The van der Waals surface area contributed by atoms with Crippen LogP contribution in [0.2, 0.25) is 0 Å². The fourth-order valence-corrected chi connectivity index (χ4v) is 2.79. The number of allylic oxidation sites excluding steroid dienone is 7. The molecule has 3 heteroatoms. The lowest BCUT2D eigenvalue weighted by Crippen LogP contribution is -2.13. The maximum atomic E-state index is 10.9. The fourth-order valence-electron chi connectivity index (χ4n) is 2.79. The number of hydrogen-bond donors (Lipinski definition) is 0. The largest absolute Gasteiger partial charge is 0.300 e. The van der Waals surface area contributed by atoms with E-state index in [-0.39, 0.29) is 5.78 Å². The summed E-state index contributed by atoms with van der Waals surface area (Å²) in [7, 11) is 0. The van der Waals surface area contributed by atoms with E-state index in [4.69, 9.17) is 0 Å². The Morgan fingerprint density at radius 1 is 0.862 bits per heavy atom. The molecule has 0 heterocycles. The first-order valence-corrected chi connectivity index (χ1v) is 10.3. The molecule has 0 saturated heterocycles. The van der Waals surface area contributed by atoms with E-state index in [1.807, 2.05) is 0 Å². The van der Waals surface area contributed by atoms with Crippen LogP contribution in [0.4, 0.5) is 0 Å². The van der Waals surface area contributed by atoms with Gasteiger partial charge in [0, 0.05) is 11.8 Å². The van der Waals surface area contributed by atoms with Crippen molar-refractivity contribution < 1.29 is 14.4 Å². The van der Waals surface area contributed by atoms with Gasteiger partial charge in [0.05, 0.1) is 0 Å². The average Bonchev–Trinajstić information content (AvgIpc) is 2.69. The smallest absolute Gasteiger partial charge is 0.152 e. The Balaban J connectivity index is 0. The predicted molar refractivity (Wildman–Crippen MR) is 125 cm³/mol. The van der Waals surface area contributed by atoms with Crippen LogP contribution >= 0.6 is 0 Å². The molecule has 3 nitrogen and oxygen atoms in total. The zero-order valence-corrected chi connectivity index (χ0v) is 19.1. The first kappa shape index (κ1) is 28.9. The van der Waals surface area contributed by atoms with Crippen LogP contribution in [0.25, 0.3) is 0 Å². The molecule has 0 aromatic carbocycles. The minimum absolute atomic E-state index is 0.0185. The lowest BCUT2D eigenvalue weighted by molar-refractivity contribution is -0.121. The molecule has 0 amide bonds. The molecule has 2 aliphatic rings. The number of ketones is 3. The summed E-state index contributed by atoms with van der Waals surface area (Å²) in [5, 5.41) is 0. The molecule has 2 rings (SSSR count). The molecule has 0 spiro atoms. The molecule has 0 saturated carbocycles. The van der Waals surface area contributed by atoms with Crippen molar-refractivity contribution >= 4 is 17.3 Å². The predicted octanol–water partition coefficient (Wildman–Crippen LogP) is 6.76. The zero-order valence-electron chi connectivity index (χ0n) is 19.1. The second kappa shape index (κ2) is 17.8. The van der Waals surface area contributed by atoms with Gasteiger partial charge < -0.3 is 0 Å². The van der Waals surface area contributed by atoms with Gasteiger partial charge in [0.15, 0.2) is 5.78 Å². The highest BCUT2D eigenvalue weighted by molar-refractivity contribution is 5.86. The Hall–Kier alpha value is -2.29. The summed E-state index contributed by atoms with van der Waals surface area (Å²) in [6, 6.07) is 0. The molecule has 0 aliphatic heterocycles. The zero-order chi connectivity index (χ0) is 22.8. The minimum Gasteiger partial charge on any atom is -0.300 e. The van der Waals surface area contributed by atoms with E-state index in [0.717, 1.165) is 38.5 Å². The van der Waals surface area contributed by atoms with Gasteiger partial charge >= 0.3 is 0 Å². The number of carbonyl (C=O) groups excluding carboxylic acids is 3. The van der Waals surface area contributed by atoms with Gasteiger partial charge in [-0.3, -0.25) is 14.4 Å². The van der Waals surface area contributed by atoms with Crippen molar-refractivity contribution in [1.82, 2.24) is 0 Å². The van der Waals surface area contributed by atoms with Crippen LogP contribution in [0.1, 0.15) is 73.1 Å². The highest BCUT2D eigenvalue weighted by atomic mass is 16.1. The van der Waals surface area contributed by atoms with Crippen LogP contribution < -0.4 is 0 Å². The molecule has 0 fully saturated rings. The molecule has 29 heavy (non-hydrogen) atoms. The monoisotopic (exact) mass is 400 g/mol. The number of hydrogen-bond acceptors (Lipinski definition) is 3. The van der Waals surface area contributed by atoms with E-state index in [1.165, 1.54) is 24.1 Å². The van der Waals surface area contributed by atoms with E-state index >= 15 is 0 Å². The summed E-state index contributed by atoms with van der Waals surface area (Å²) < 4.78 is 0. The average molecular weight is 401 g/mol. The molecular weight excluding hydrogens is 360 g/mol. The molecule has 0 bridgehead atoms. The molecule has 2 unspecified atom stereocenters. The second-order valence-electron chi connectivity index (χ2n) is 7.56. The van der Waals surface area contributed by atoms with Gasteiger partial charge in [-0.05, 0) is 79.2 Å². The third kappa shape index (κ3) is 17.5. The minimum atomic E-state index is 0.0185. The van der Waals surface area contributed by atoms with E-state index in [1.54, 1.807) is 26.0 Å². The van der Waals surface area contributed by atoms with E-state index < -0.39 is 0 Å². The summed E-state index contributed by atoms with van der Waals surface area (Å²) in [4.78, 5) is 31.5. The third-order valence-corrected chi connectivity index (χ3v) is 4.82. The molecule has 0 N–H and O–H groups in total. The molecule has 0 aromatic rings. The van der Waals surface area contributed by atoms with Gasteiger partial charge in [0.2, 0.25) is 0 Å². The van der Waals surface area contributed by atoms with E-state index in [0.29, 0.717) is 23.4 Å². The Labute approximate surface area is 178 Å². The van der Waals surface area contributed by atoms with Crippen molar-refractivity contribution in [2.45, 2.75) is 73.1 Å². The number of rotatable bonds is 4. The van der Waals surface area contributed by atoms with Crippen molar-refractivity contribution in [1.29, 1.82) is 0 Å². The third-order valence-electron chi connectivity index (χ3n) is 4.82. The highest BCUT2D eigenvalue weighted by Crippen LogP contribution is 2.24. The topological polar surface area (TPSA) is 51.2 Å². The first-order valence-electron chi connectivity index (χ1n) is 10.3. The van der Waals surface area contributed by atoms with Gasteiger partial charge in [0.1, 0.15) is 11.6 Å². The lowest BCUT2D eigenvalue weighted by Gasteiger charge is -2.17. The molecule has 2 atom stereocenters. The summed E-state index contributed by atoms with van der Waals surface area (Å²) in [6.45, 7) is 19.0. The van der Waals surface area contributed by atoms with Gasteiger partial charge in [-0.25, -0.2) is 0 Å². The second-order valence-corrected chi connectivity index (χ2v) is 7.56. The van der Waals surface area contributed by atoms with Crippen molar-refractivity contribution in [2.24, 2.45) is 11.8 Å². The van der Waals surface area contributed by atoms with Crippen LogP contribution in [0.5, 0.6) is 0 Å².